The number of aliphatic hydroxyl groups excluding tert-OH is 1. The zero-order valence-electron chi connectivity index (χ0n) is 11.3. The molecule has 0 amide bonds. The Bertz CT molecular complexity index is 643. The summed E-state index contributed by atoms with van der Waals surface area (Å²) in [5.74, 6) is -0.364. The lowest BCUT2D eigenvalue weighted by Crippen LogP contribution is -1.96. The summed E-state index contributed by atoms with van der Waals surface area (Å²) < 4.78 is 18.4. The molecule has 1 N–H and O–H groups in total. The van der Waals surface area contributed by atoms with Crippen LogP contribution in [-0.2, 0) is 0 Å². The van der Waals surface area contributed by atoms with Gasteiger partial charge in [-0.15, -0.1) is 0 Å². The molecule has 0 aliphatic carbocycles. The van der Waals surface area contributed by atoms with E-state index in [0.29, 0.717) is 12.2 Å². The molecular formula is C15H14FNO4. The molecule has 2 aromatic carbocycles. The topological polar surface area (TPSA) is 72.6 Å². The van der Waals surface area contributed by atoms with Crippen molar-refractivity contribution in [3.8, 4) is 11.5 Å². The molecule has 0 unspecified atom stereocenters. The van der Waals surface area contributed by atoms with Crippen LogP contribution in [0.3, 0.4) is 0 Å². The van der Waals surface area contributed by atoms with Gasteiger partial charge in [-0.1, -0.05) is 19.1 Å². The second-order valence-corrected chi connectivity index (χ2v) is 4.46. The zero-order valence-corrected chi connectivity index (χ0v) is 11.3. The highest BCUT2D eigenvalue weighted by Crippen LogP contribution is 2.32. The van der Waals surface area contributed by atoms with Gasteiger partial charge in [0.05, 0.1) is 17.1 Å². The molecule has 0 spiro atoms. The number of nitro benzene ring substituents is 1. The summed E-state index contributed by atoms with van der Waals surface area (Å²) in [4.78, 5) is 10.2. The Morgan fingerprint density at radius 3 is 2.52 bits per heavy atom. The van der Waals surface area contributed by atoms with E-state index in [1.165, 1.54) is 6.07 Å². The quantitative estimate of drug-likeness (QED) is 0.668. The van der Waals surface area contributed by atoms with Crippen LogP contribution < -0.4 is 4.74 Å². The Hall–Kier alpha value is -2.47. The number of hydrogen-bond donors (Lipinski definition) is 1. The van der Waals surface area contributed by atoms with Gasteiger partial charge in [0.25, 0.3) is 0 Å². The Labute approximate surface area is 120 Å². The van der Waals surface area contributed by atoms with Crippen LogP contribution in [0.5, 0.6) is 11.5 Å². The first-order chi connectivity index (χ1) is 10.0. The summed E-state index contributed by atoms with van der Waals surface area (Å²) >= 11 is 0. The van der Waals surface area contributed by atoms with Crippen LogP contribution in [0.15, 0.2) is 42.5 Å². The summed E-state index contributed by atoms with van der Waals surface area (Å²) in [6, 6.07) is 9.67. The minimum absolute atomic E-state index is 0.0369. The van der Waals surface area contributed by atoms with Crippen molar-refractivity contribution in [3.63, 3.8) is 0 Å². The van der Waals surface area contributed by atoms with Gasteiger partial charge in [0.1, 0.15) is 11.6 Å². The Kier molecular flexibility index (Phi) is 4.49. The smallest absolute Gasteiger partial charge is 0.314 e. The van der Waals surface area contributed by atoms with Gasteiger partial charge in [-0.2, -0.15) is 0 Å². The molecule has 0 heterocycles. The highest BCUT2D eigenvalue weighted by atomic mass is 19.1. The van der Waals surface area contributed by atoms with Gasteiger partial charge in [0.15, 0.2) is 0 Å². The third-order valence-corrected chi connectivity index (χ3v) is 3.00. The van der Waals surface area contributed by atoms with Gasteiger partial charge >= 0.3 is 5.69 Å². The van der Waals surface area contributed by atoms with Gasteiger partial charge in [0, 0.05) is 0 Å². The van der Waals surface area contributed by atoms with E-state index in [-0.39, 0.29) is 5.75 Å². The highest BCUT2D eigenvalue weighted by molar-refractivity contribution is 5.48. The summed E-state index contributed by atoms with van der Waals surface area (Å²) in [7, 11) is 0. The predicted octanol–water partition coefficient (Wildman–Crippen LogP) is 3.97. The van der Waals surface area contributed by atoms with E-state index in [2.05, 4.69) is 0 Å². The van der Waals surface area contributed by atoms with E-state index in [4.69, 9.17) is 4.74 Å². The number of halogens is 1. The minimum atomic E-state index is -0.701. The average Bonchev–Trinajstić information content (AvgIpc) is 2.49. The number of rotatable bonds is 5. The molecule has 0 saturated heterocycles. The van der Waals surface area contributed by atoms with E-state index in [1.54, 1.807) is 24.3 Å². The minimum Gasteiger partial charge on any atom is -0.450 e. The SMILES string of the molecule is CC[C@H](O)c1ccc(Oc2ccc(F)cc2[N+](=O)[O-])cc1. The number of ether oxygens (including phenoxy) is 1. The Morgan fingerprint density at radius 1 is 1.29 bits per heavy atom. The van der Waals surface area contributed by atoms with Crippen LogP contribution in [0, 0.1) is 15.9 Å². The fraction of sp³-hybridized carbons (Fsp3) is 0.200. The number of benzene rings is 2. The van der Waals surface area contributed by atoms with Gasteiger partial charge < -0.3 is 9.84 Å². The van der Waals surface area contributed by atoms with Crippen molar-refractivity contribution in [2.75, 3.05) is 0 Å². The van der Waals surface area contributed by atoms with Gasteiger partial charge in [-0.25, -0.2) is 4.39 Å². The van der Waals surface area contributed by atoms with Crippen LogP contribution >= 0.6 is 0 Å². The molecule has 0 fully saturated rings. The molecule has 2 rings (SSSR count). The lowest BCUT2D eigenvalue weighted by molar-refractivity contribution is -0.385. The molecule has 0 radical (unpaired) electrons. The lowest BCUT2D eigenvalue weighted by atomic mass is 10.1. The molecule has 0 aliphatic heterocycles. The number of nitrogens with zero attached hydrogens (tertiary/aromatic N) is 1. The fourth-order valence-electron chi connectivity index (χ4n) is 1.84. The van der Waals surface area contributed by atoms with E-state index in [0.717, 1.165) is 17.7 Å². The van der Waals surface area contributed by atoms with Crippen LogP contribution in [0.4, 0.5) is 10.1 Å². The normalized spacial score (nSPS) is 12.0. The van der Waals surface area contributed by atoms with E-state index < -0.39 is 22.5 Å². The van der Waals surface area contributed by atoms with Gasteiger partial charge in [-0.05, 0) is 36.2 Å². The van der Waals surface area contributed by atoms with Crippen molar-refractivity contribution in [3.05, 3.63) is 64.0 Å². The Balaban J connectivity index is 2.24. The fourth-order valence-corrected chi connectivity index (χ4v) is 1.84. The second-order valence-electron chi connectivity index (χ2n) is 4.46. The molecule has 1 atom stereocenters. The summed E-state index contributed by atoms with van der Waals surface area (Å²) in [6.07, 6.45) is 0.0307. The molecule has 21 heavy (non-hydrogen) atoms. The van der Waals surface area contributed by atoms with Crippen molar-refractivity contribution in [2.24, 2.45) is 0 Å². The highest BCUT2D eigenvalue weighted by Gasteiger charge is 2.17. The monoisotopic (exact) mass is 291 g/mol. The molecule has 0 aromatic heterocycles. The zero-order chi connectivity index (χ0) is 15.4. The summed E-state index contributed by atoms with van der Waals surface area (Å²) in [5.41, 5.74) is 0.297. The third-order valence-electron chi connectivity index (χ3n) is 3.00. The molecular weight excluding hydrogens is 277 g/mol. The average molecular weight is 291 g/mol. The number of aliphatic hydroxyl groups is 1. The lowest BCUT2D eigenvalue weighted by Gasteiger charge is -2.10. The van der Waals surface area contributed by atoms with Crippen molar-refractivity contribution >= 4 is 5.69 Å². The molecule has 0 saturated carbocycles. The van der Waals surface area contributed by atoms with E-state index in [1.807, 2.05) is 6.92 Å². The maximum absolute atomic E-state index is 13.0. The van der Waals surface area contributed by atoms with Crippen LogP contribution in [0.25, 0.3) is 0 Å². The van der Waals surface area contributed by atoms with Crippen LogP contribution in [-0.4, -0.2) is 10.0 Å². The first-order valence-electron chi connectivity index (χ1n) is 6.41. The van der Waals surface area contributed by atoms with E-state index in [9.17, 15) is 19.6 Å². The van der Waals surface area contributed by atoms with Crippen molar-refractivity contribution in [1.29, 1.82) is 0 Å². The van der Waals surface area contributed by atoms with Crippen molar-refractivity contribution < 1.29 is 19.2 Å². The first kappa shape index (κ1) is 14.9. The molecule has 0 aliphatic rings. The molecule has 5 nitrogen and oxygen atoms in total. The summed E-state index contributed by atoms with van der Waals surface area (Å²) in [6.45, 7) is 1.86. The maximum Gasteiger partial charge on any atom is 0.314 e. The molecule has 110 valence electrons. The predicted molar refractivity (Wildman–Crippen MR) is 74.8 cm³/mol. The molecule has 0 bridgehead atoms. The van der Waals surface area contributed by atoms with Crippen molar-refractivity contribution in [1.82, 2.24) is 0 Å². The van der Waals surface area contributed by atoms with Gasteiger partial charge in [0.2, 0.25) is 5.75 Å². The Morgan fingerprint density at radius 2 is 1.95 bits per heavy atom. The standard InChI is InChI=1S/C15H14FNO4/c1-2-14(18)10-3-6-12(7-4-10)21-15-8-5-11(16)9-13(15)17(19)20/h3-9,14,18H,2H2,1H3/t14-/m0/s1. The second kappa shape index (κ2) is 6.32. The molecule has 6 heteroatoms. The van der Waals surface area contributed by atoms with Crippen molar-refractivity contribution in [2.45, 2.75) is 19.4 Å². The van der Waals surface area contributed by atoms with Crippen LogP contribution in [0.2, 0.25) is 0 Å². The number of nitro groups is 1. The maximum atomic E-state index is 13.0. The summed E-state index contributed by atoms with van der Waals surface area (Å²) in [5, 5.41) is 20.6. The first-order valence-corrected chi connectivity index (χ1v) is 6.41. The van der Waals surface area contributed by atoms with Crippen LogP contribution in [0.1, 0.15) is 25.0 Å². The largest absolute Gasteiger partial charge is 0.450 e. The third kappa shape index (κ3) is 3.55. The number of hydrogen-bond acceptors (Lipinski definition) is 4. The van der Waals surface area contributed by atoms with E-state index >= 15 is 0 Å². The van der Waals surface area contributed by atoms with Gasteiger partial charge in [-0.3, -0.25) is 10.1 Å². The molecule has 2 aromatic rings.